The van der Waals surface area contributed by atoms with Crippen molar-refractivity contribution in [1.82, 2.24) is 0 Å². The van der Waals surface area contributed by atoms with Crippen LogP contribution >= 0.6 is 27.3 Å². The highest BCUT2D eigenvalue weighted by molar-refractivity contribution is 9.10. The largest absolute Gasteiger partial charge is 0.389 e. The standard InChI is InChI=1S/C10H13BrO2S/c1-13-7-4-10(12,5-7)6-9-8(11)2-3-14-9/h2-3,7,12H,4-6H2,1H3. The number of rotatable bonds is 3. The van der Waals surface area contributed by atoms with Gasteiger partial charge in [-0.05, 0) is 27.4 Å². The smallest absolute Gasteiger partial charge is 0.0745 e. The van der Waals surface area contributed by atoms with E-state index in [0.717, 1.165) is 23.7 Å². The Morgan fingerprint density at radius 3 is 2.93 bits per heavy atom. The second-order valence-corrected chi connectivity index (χ2v) is 5.71. The lowest BCUT2D eigenvalue weighted by atomic mass is 9.75. The average molecular weight is 277 g/mol. The molecular weight excluding hydrogens is 264 g/mol. The zero-order valence-electron chi connectivity index (χ0n) is 8.00. The van der Waals surface area contributed by atoms with Crippen LogP contribution in [0.25, 0.3) is 0 Å². The summed E-state index contributed by atoms with van der Waals surface area (Å²) < 4.78 is 6.27. The minimum atomic E-state index is -0.534. The monoisotopic (exact) mass is 276 g/mol. The molecule has 0 atom stereocenters. The molecule has 0 amide bonds. The Morgan fingerprint density at radius 2 is 2.43 bits per heavy atom. The maximum Gasteiger partial charge on any atom is 0.0745 e. The molecule has 0 saturated heterocycles. The van der Waals surface area contributed by atoms with Gasteiger partial charge in [-0.2, -0.15) is 0 Å². The molecule has 1 aromatic heterocycles. The van der Waals surface area contributed by atoms with Gasteiger partial charge in [-0.15, -0.1) is 11.3 Å². The van der Waals surface area contributed by atoms with Crippen LogP contribution < -0.4 is 0 Å². The van der Waals surface area contributed by atoms with Gasteiger partial charge in [-0.1, -0.05) is 0 Å². The minimum Gasteiger partial charge on any atom is -0.389 e. The van der Waals surface area contributed by atoms with Gasteiger partial charge in [0, 0.05) is 35.7 Å². The third kappa shape index (κ3) is 2.03. The average Bonchev–Trinajstić information content (AvgIpc) is 2.47. The number of halogens is 1. The lowest BCUT2D eigenvalue weighted by molar-refractivity contribution is -0.126. The zero-order chi connectivity index (χ0) is 10.2. The second kappa shape index (κ2) is 3.93. The van der Waals surface area contributed by atoms with Crippen LogP contribution in [0.2, 0.25) is 0 Å². The maximum absolute atomic E-state index is 10.1. The van der Waals surface area contributed by atoms with Gasteiger partial charge >= 0.3 is 0 Å². The Bertz CT molecular complexity index is 318. The molecule has 2 nitrogen and oxygen atoms in total. The molecule has 1 aromatic rings. The van der Waals surface area contributed by atoms with Crippen molar-refractivity contribution >= 4 is 27.3 Å². The van der Waals surface area contributed by atoms with Crippen molar-refractivity contribution in [2.24, 2.45) is 0 Å². The first kappa shape index (κ1) is 10.6. The Morgan fingerprint density at radius 1 is 1.71 bits per heavy atom. The predicted molar refractivity (Wildman–Crippen MR) is 60.7 cm³/mol. The Kier molecular flexibility index (Phi) is 2.98. The third-order valence-corrected chi connectivity index (χ3v) is 4.66. The summed E-state index contributed by atoms with van der Waals surface area (Å²) in [7, 11) is 1.70. The topological polar surface area (TPSA) is 29.5 Å². The molecule has 78 valence electrons. The van der Waals surface area contributed by atoms with Gasteiger partial charge in [0.05, 0.1) is 11.7 Å². The van der Waals surface area contributed by atoms with Crippen LogP contribution in [-0.2, 0) is 11.2 Å². The van der Waals surface area contributed by atoms with Gasteiger partial charge in [-0.25, -0.2) is 0 Å². The Balaban J connectivity index is 1.96. The highest BCUT2D eigenvalue weighted by Crippen LogP contribution is 2.39. The molecule has 0 spiro atoms. The van der Waals surface area contributed by atoms with Crippen molar-refractivity contribution in [2.45, 2.75) is 31.0 Å². The van der Waals surface area contributed by atoms with Crippen LogP contribution in [0.1, 0.15) is 17.7 Å². The third-order valence-electron chi connectivity index (χ3n) is 2.73. The fourth-order valence-electron chi connectivity index (χ4n) is 1.85. The first-order chi connectivity index (χ1) is 6.63. The van der Waals surface area contributed by atoms with Crippen LogP contribution in [0.3, 0.4) is 0 Å². The van der Waals surface area contributed by atoms with Gasteiger partial charge in [0.25, 0.3) is 0 Å². The maximum atomic E-state index is 10.1. The minimum absolute atomic E-state index is 0.249. The van der Waals surface area contributed by atoms with Gasteiger partial charge in [0.15, 0.2) is 0 Å². The molecule has 1 heterocycles. The van der Waals surface area contributed by atoms with Crippen molar-refractivity contribution in [3.63, 3.8) is 0 Å². The van der Waals surface area contributed by atoms with E-state index >= 15 is 0 Å². The van der Waals surface area contributed by atoms with E-state index in [2.05, 4.69) is 15.9 Å². The van der Waals surface area contributed by atoms with Crippen LogP contribution in [0.15, 0.2) is 15.9 Å². The fourth-order valence-corrected chi connectivity index (χ4v) is 3.48. The van der Waals surface area contributed by atoms with Gasteiger partial charge < -0.3 is 9.84 Å². The first-order valence-corrected chi connectivity index (χ1v) is 6.27. The van der Waals surface area contributed by atoms with E-state index in [9.17, 15) is 5.11 Å². The molecule has 1 aliphatic rings. The Hall–Kier alpha value is 0.100. The summed E-state index contributed by atoms with van der Waals surface area (Å²) in [4.78, 5) is 1.22. The number of methoxy groups -OCH3 is 1. The number of hydrogen-bond acceptors (Lipinski definition) is 3. The highest BCUT2D eigenvalue weighted by atomic mass is 79.9. The van der Waals surface area contributed by atoms with E-state index in [1.807, 2.05) is 11.4 Å². The van der Waals surface area contributed by atoms with E-state index in [-0.39, 0.29) is 6.10 Å². The second-order valence-electron chi connectivity index (χ2n) is 3.86. The van der Waals surface area contributed by atoms with E-state index in [0.29, 0.717) is 0 Å². The van der Waals surface area contributed by atoms with Crippen molar-refractivity contribution in [3.05, 3.63) is 20.8 Å². The molecule has 1 N–H and O–H groups in total. The first-order valence-electron chi connectivity index (χ1n) is 4.60. The molecule has 1 saturated carbocycles. The molecule has 2 rings (SSSR count). The van der Waals surface area contributed by atoms with Gasteiger partial charge in [-0.3, -0.25) is 0 Å². The molecule has 1 fully saturated rings. The molecule has 0 bridgehead atoms. The van der Waals surface area contributed by atoms with E-state index in [1.165, 1.54) is 4.88 Å². The lowest BCUT2D eigenvalue weighted by Gasteiger charge is -2.42. The molecule has 14 heavy (non-hydrogen) atoms. The number of hydrogen-bond donors (Lipinski definition) is 1. The summed E-state index contributed by atoms with van der Waals surface area (Å²) in [6.07, 6.45) is 2.51. The molecule has 1 aliphatic carbocycles. The SMILES string of the molecule is COC1CC(O)(Cc2sccc2Br)C1. The van der Waals surface area contributed by atoms with Crippen molar-refractivity contribution in [3.8, 4) is 0 Å². The van der Waals surface area contributed by atoms with Gasteiger partial charge in [0.1, 0.15) is 0 Å². The van der Waals surface area contributed by atoms with Crippen LogP contribution in [-0.4, -0.2) is 23.9 Å². The summed E-state index contributed by atoms with van der Waals surface area (Å²) in [6.45, 7) is 0. The summed E-state index contributed by atoms with van der Waals surface area (Å²) >= 11 is 5.16. The molecule has 4 heteroatoms. The Labute approximate surface area is 96.0 Å². The van der Waals surface area contributed by atoms with Gasteiger partial charge in [0.2, 0.25) is 0 Å². The summed E-state index contributed by atoms with van der Waals surface area (Å²) in [5, 5.41) is 12.2. The quantitative estimate of drug-likeness (QED) is 0.920. The van der Waals surface area contributed by atoms with Crippen LogP contribution in [0, 0.1) is 0 Å². The molecule has 0 aliphatic heterocycles. The van der Waals surface area contributed by atoms with E-state index in [1.54, 1.807) is 18.4 Å². The van der Waals surface area contributed by atoms with Crippen LogP contribution in [0.5, 0.6) is 0 Å². The predicted octanol–water partition coefficient (Wildman–Crippen LogP) is 2.59. The molecule has 0 radical (unpaired) electrons. The number of thiophene rings is 1. The summed E-state index contributed by atoms with van der Waals surface area (Å²) in [5.41, 5.74) is -0.534. The van der Waals surface area contributed by atoms with Crippen LogP contribution in [0.4, 0.5) is 0 Å². The van der Waals surface area contributed by atoms with E-state index in [4.69, 9.17) is 4.74 Å². The zero-order valence-corrected chi connectivity index (χ0v) is 10.4. The number of aliphatic hydroxyl groups is 1. The highest BCUT2D eigenvalue weighted by Gasteiger charge is 2.43. The van der Waals surface area contributed by atoms with E-state index < -0.39 is 5.60 Å². The molecule has 0 aromatic carbocycles. The normalized spacial score (nSPS) is 31.5. The van der Waals surface area contributed by atoms with Crippen molar-refractivity contribution < 1.29 is 9.84 Å². The number of ether oxygens (including phenoxy) is 1. The lowest BCUT2D eigenvalue weighted by Crippen LogP contribution is -2.49. The van der Waals surface area contributed by atoms with Crippen molar-refractivity contribution in [2.75, 3.05) is 7.11 Å². The summed E-state index contributed by atoms with van der Waals surface area (Å²) in [5.74, 6) is 0. The molecule has 0 unspecified atom stereocenters. The summed E-state index contributed by atoms with van der Waals surface area (Å²) in [6, 6.07) is 2.02. The molecular formula is C10H13BrO2S. The van der Waals surface area contributed by atoms with Crippen molar-refractivity contribution in [1.29, 1.82) is 0 Å². The fraction of sp³-hybridized carbons (Fsp3) is 0.600.